The van der Waals surface area contributed by atoms with Gasteiger partial charge < -0.3 is 15.8 Å². The summed E-state index contributed by atoms with van der Waals surface area (Å²) in [6.45, 7) is 1.41. The normalized spacial score (nSPS) is 16.2. The molecule has 0 unspecified atom stereocenters. The van der Waals surface area contributed by atoms with Crippen LogP contribution < -0.4 is 20.9 Å². The molecule has 2 rings (SSSR count). The first kappa shape index (κ1) is 20.7. The molecule has 10 heteroatoms. The Hall–Kier alpha value is -1.39. The summed E-state index contributed by atoms with van der Waals surface area (Å²) in [5, 5.41) is 7.91. The van der Waals surface area contributed by atoms with E-state index in [9.17, 15) is 13.2 Å². The molecule has 1 aliphatic rings. The molecule has 1 aliphatic heterocycles. The van der Waals surface area contributed by atoms with Gasteiger partial charge in [-0.05, 0) is 37.1 Å². The van der Waals surface area contributed by atoms with Gasteiger partial charge in [-0.1, -0.05) is 0 Å². The van der Waals surface area contributed by atoms with Crippen LogP contribution in [0.25, 0.3) is 0 Å². The van der Waals surface area contributed by atoms with Crippen molar-refractivity contribution in [3.63, 3.8) is 0 Å². The molecule has 0 atom stereocenters. The Morgan fingerprint density at radius 1 is 1.25 bits per heavy atom. The van der Waals surface area contributed by atoms with Crippen LogP contribution >= 0.6 is 12.4 Å². The van der Waals surface area contributed by atoms with Crippen molar-refractivity contribution in [2.45, 2.75) is 12.8 Å². The van der Waals surface area contributed by atoms with Gasteiger partial charge in [-0.25, -0.2) is 5.14 Å². The van der Waals surface area contributed by atoms with Crippen LogP contribution in [0.5, 0.6) is 5.75 Å². The van der Waals surface area contributed by atoms with E-state index in [0.717, 1.165) is 0 Å². The van der Waals surface area contributed by atoms with Crippen molar-refractivity contribution in [1.82, 2.24) is 4.31 Å². The van der Waals surface area contributed by atoms with E-state index in [1.54, 1.807) is 24.3 Å². The number of carbonyl (C=O) groups is 1. The van der Waals surface area contributed by atoms with Crippen molar-refractivity contribution in [1.29, 1.82) is 0 Å². The molecule has 0 aliphatic carbocycles. The molecule has 1 saturated heterocycles. The third-order valence-electron chi connectivity index (χ3n) is 3.69. The highest BCUT2D eigenvalue weighted by atomic mass is 35.5. The van der Waals surface area contributed by atoms with Crippen LogP contribution in [0.1, 0.15) is 12.8 Å². The van der Waals surface area contributed by atoms with Gasteiger partial charge in [0.1, 0.15) is 12.4 Å². The molecule has 0 radical (unpaired) electrons. The van der Waals surface area contributed by atoms with Crippen LogP contribution in [0.4, 0.5) is 5.69 Å². The number of ether oxygens (including phenoxy) is 1. The summed E-state index contributed by atoms with van der Waals surface area (Å²) in [7, 11) is -3.67. The molecule has 1 aromatic rings. The number of halogens is 1. The Kier molecular flexibility index (Phi) is 7.91. The van der Waals surface area contributed by atoms with E-state index < -0.39 is 10.2 Å². The predicted molar refractivity (Wildman–Crippen MR) is 94.3 cm³/mol. The van der Waals surface area contributed by atoms with Gasteiger partial charge in [0.2, 0.25) is 5.91 Å². The lowest BCUT2D eigenvalue weighted by Crippen LogP contribution is -2.44. The second kappa shape index (κ2) is 9.19. The summed E-state index contributed by atoms with van der Waals surface area (Å²) in [4.78, 5) is 12.2. The lowest BCUT2D eigenvalue weighted by atomic mass is 9.97. The van der Waals surface area contributed by atoms with Gasteiger partial charge in [0.05, 0.1) is 0 Å². The van der Waals surface area contributed by atoms with Gasteiger partial charge in [0.15, 0.2) is 0 Å². The van der Waals surface area contributed by atoms with Gasteiger partial charge in [-0.3, -0.25) is 4.79 Å². The van der Waals surface area contributed by atoms with Crippen LogP contribution in [0.15, 0.2) is 24.3 Å². The molecule has 1 aromatic carbocycles. The summed E-state index contributed by atoms with van der Waals surface area (Å²) in [6.07, 6.45) is 0.917. The van der Waals surface area contributed by atoms with E-state index in [1.807, 2.05) is 0 Å². The minimum absolute atomic E-state index is 0. The largest absolute Gasteiger partial charge is 0.492 e. The van der Waals surface area contributed by atoms with Crippen molar-refractivity contribution < 1.29 is 17.9 Å². The third-order valence-corrected chi connectivity index (χ3v) is 4.78. The van der Waals surface area contributed by atoms with Crippen LogP contribution in [0.2, 0.25) is 0 Å². The Labute approximate surface area is 148 Å². The second-order valence-electron chi connectivity index (χ2n) is 5.37. The second-order valence-corrected chi connectivity index (χ2v) is 6.92. The lowest BCUT2D eigenvalue weighted by Gasteiger charge is -2.29. The van der Waals surface area contributed by atoms with Gasteiger partial charge in [0.25, 0.3) is 10.2 Å². The Morgan fingerprint density at radius 2 is 1.83 bits per heavy atom. The highest BCUT2D eigenvalue weighted by Crippen LogP contribution is 2.21. The number of nitrogens with two attached hydrogens (primary N) is 2. The average Bonchev–Trinajstić information content (AvgIpc) is 2.53. The zero-order valence-electron chi connectivity index (χ0n) is 13.2. The molecule has 0 saturated carbocycles. The number of carbonyl (C=O) groups excluding carboxylic acids is 1. The molecule has 0 aromatic heterocycles. The highest BCUT2D eigenvalue weighted by molar-refractivity contribution is 7.86. The summed E-state index contributed by atoms with van der Waals surface area (Å²) in [5.74, 6) is 0.353. The molecule has 24 heavy (non-hydrogen) atoms. The van der Waals surface area contributed by atoms with Gasteiger partial charge in [-0.15, -0.1) is 12.4 Å². The topological polar surface area (TPSA) is 128 Å². The van der Waals surface area contributed by atoms with Gasteiger partial charge >= 0.3 is 0 Å². The number of nitrogens with one attached hydrogen (secondary N) is 1. The van der Waals surface area contributed by atoms with Crippen LogP contribution in [0, 0.1) is 5.92 Å². The quantitative estimate of drug-likeness (QED) is 0.655. The predicted octanol–water partition coefficient (Wildman–Crippen LogP) is 0.300. The summed E-state index contributed by atoms with van der Waals surface area (Å²) >= 11 is 0. The van der Waals surface area contributed by atoms with E-state index in [1.165, 1.54) is 4.31 Å². The van der Waals surface area contributed by atoms with Crippen molar-refractivity contribution in [3.05, 3.63) is 24.3 Å². The van der Waals surface area contributed by atoms with E-state index >= 15 is 0 Å². The molecule has 1 heterocycles. The minimum atomic E-state index is -3.67. The lowest BCUT2D eigenvalue weighted by molar-refractivity contribution is -0.120. The molecular weight excluding hydrogens is 356 g/mol. The van der Waals surface area contributed by atoms with Crippen molar-refractivity contribution in [3.8, 4) is 5.75 Å². The molecule has 0 bridgehead atoms. The van der Waals surface area contributed by atoms with E-state index in [2.05, 4.69) is 5.32 Å². The fourth-order valence-electron chi connectivity index (χ4n) is 2.43. The van der Waals surface area contributed by atoms with Gasteiger partial charge in [0, 0.05) is 31.2 Å². The van der Waals surface area contributed by atoms with E-state index in [4.69, 9.17) is 15.6 Å². The smallest absolute Gasteiger partial charge is 0.276 e. The molecule has 136 valence electrons. The van der Waals surface area contributed by atoms with Gasteiger partial charge in [-0.2, -0.15) is 12.7 Å². The SMILES string of the molecule is Cl.NCCOc1ccc(NC(=O)C2CCN(S(N)(=O)=O)CC2)cc1. The maximum absolute atomic E-state index is 12.2. The maximum Gasteiger partial charge on any atom is 0.276 e. The Morgan fingerprint density at radius 3 is 2.33 bits per heavy atom. The molecule has 1 fully saturated rings. The number of hydrogen-bond donors (Lipinski definition) is 3. The zero-order valence-corrected chi connectivity index (χ0v) is 14.8. The summed E-state index contributed by atoms with van der Waals surface area (Å²) < 4.78 is 29.0. The molecule has 1 amide bonds. The van der Waals surface area contributed by atoms with Crippen LogP contribution in [-0.2, 0) is 15.0 Å². The van der Waals surface area contributed by atoms with Crippen molar-refractivity contribution in [2.24, 2.45) is 16.8 Å². The highest BCUT2D eigenvalue weighted by Gasteiger charge is 2.29. The average molecular weight is 379 g/mol. The number of hydrogen-bond acceptors (Lipinski definition) is 5. The first-order valence-corrected chi connectivity index (χ1v) is 8.92. The number of nitrogens with zero attached hydrogens (tertiary/aromatic N) is 1. The monoisotopic (exact) mass is 378 g/mol. The minimum Gasteiger partial charge on any atom is -0.492 e. The Bertz CT molecular complexity index is 631. The van der Waals surface area contributed by atoms with E-state index in [0.29, 0.717) is 37.4 Å². The Balaban J connectivity index is 0.00000288. The van der Waals surface area contributed by atoms with Crippen molar-refractivity contribution >= 4 is 34.2 Å². The third kappa shape index (κ3) is 5.91. The standard InChI is InChI=1S/C14H22N4O4S.ClH/c15-7-10-22-13-3-1-12(2-4-13)17-14(19)11-5-8-18(9-6-11)23(16,20)21;/h1-4,11H,5-10,15H2,(H,17,19)(H2,16,20,21);1H. The number of rotatable bonds is 6. The first-order chi connectivity index (χ1) is 10.9. The fraction of sp³-hybridized carbons (Fsp3) is 0.500. The fourth-order valence-corrected chi connectivity index (χ4v) is 3.15. The zero-order chi connectivity index (χ0) is 16.9. The first-order valence-electron chi connectivity index (χ1n) is 7.42. The summed E-state index contributed by atoms with van der Waals surface area (Å²) in [6, 6.07) is 7.02. The van der Waals surface area contributed by atoms with Crippen LogP contribution in [0.3, 0.4) is 0 Å². The number of anilines is 1. The maximum atomic E-state index is 12.2. The molecule has 5 N–H and O–H groups in total. The van der Waals surface area contributed by atoms with Crippen molar-refractivity contribution in [2.75, 3.05) is 31.6 Å². The van der Waals surface area contributed by atoms with Crippen LogP contribution in [-0.4, -0.2) is 44.9 Å². The number of piperidine rings is 1. The van der Waals surface area contributed by atoms with E-state index in [-0.39, 0.29) is 37.3 Å². The summed E-state index contributed by atoms with van der Waals surface area (Å²) in [5.41, 5.74) is 6.03. The number of amides is 1. The molecular formula is C14H23ClN4O4S. The molecule has 8 nitrogen and oxygen atoms in total. The molecule has 0 spiro atoms. The number of benzene rings is 1.